The topological polar surface area (TPSA) is 37.3 Å². The lowest BCUT2D eigenvalue weighted by molar-refractivity contribution is -0.132. The second-order valence-corrected chi connectivity index (χ2v) is 4.54. The first kappa shape index (κ1) is 13.8. The van der Waals surface area contributed by atoms with Crippen molar-refractivity contribution < 1.29 is 9.90 Å². The van der Waals surface area contributed by atoms with Gasteiger partial charge in [0.1, 0.15) is 0 Å². The second kappa shape index (κ2) is 6.53. The zero-order valence-corrected chi connectivity index (χ0v) is 11.3. The van der Waals surface area contributed by atoms with Crippen molar-refractivity contribution in [2.24, 2.45) is 0 Å². The van der Waals surface area contributed by atoms with Crippen molar-refractivity contribution in [2.45, 2.75) is 6.92 Å². The van der Waals surface area contributed by atoms with Gasteiger partial charge in [0, 0.05) is 5.57 Å². The van der Waals surface area contributed by atoms with Crippen LogP contribution in [0.3, 0.4) is 0 Å². The Labute approximate surface area is 118 Å². The summed E-state index contributed by atoms with van der Waals surface area (Å²) in [4.78, 5) is 10.8. The van der Waals surface area contributed by atoms with Crippen LogP contribution in [0, 0.1) is 0 Å². The first-order valence-corrected chi connectivity index (χ1v) is 6.40. The van der Waals surface area contributed by atoms with Crippen molar-refractivity contribution in [1.29, 1.82) is 0 Å². The minimum absolute atomic E-state index is 0.331. The average molecular weight is 264 g/mol. The summed E-state index contributed by atoms with van der Waals surface area (Å²) >= 11 is 0. The van der Waals surface area contributed by atoms with Gasteiger partial charge < -0.3 is 5.11 Å². The van der Waals surface area contributed by atoms with E-state index in [0.29, 0.717) is 5.57 Å². The number of carboxylic acids is 1. The van der Waals surface area contributed by atoms with E-state index in [-0.39, 0.29) is 0 Å². The lowest BCUT2D eigenvalue weighted by Crippen LogP contribution is -1.95. The lowest BCUT2D eigenvalue weighted by Gasteiger charge is -1.98. The van der Waals surface area contributed by atoms with Crippen molar-refractivity contribution in [3.8, 4) is 0 Å². The first-order valence-electron chi connectivity index (χ1n) is 6.40. The van der Waals surface area contributed by atoms with Crippen molar-refractivity contribution in [3.63, 3.8) is 0 Å². The maximum Gasteiger partial charge on any atom is 0.331 e. The van der Waals surface area contributed by atoms with Gasteiger partial charge in [0.2, 0.25) is 0 Å². The van der Waals surface area contributed by atoms with Crippen LogP contribution < -0.4 is 0 Å². The zero-order valence-electron chi connectivity index (χ0n) is 11.3. The van der Waals surface area contributed by atoms with Gasteiger partial charge >= 0.3 is 5.97 Å². The molecule has 0 atom stereocenters. The summed E-state index contributed by atoms with van der Waals surface area (Å²) in [6.45, 7) is 1.59. The minimum Gasteiger partial charge on any atom is -0.478 e. The molecule has 1 N–H and O–H groups in total. The van der Waals surface area contributed by atoms with Gasteiger partial charge in [-0.2, -0.15) is 0 Å². The number of hydrogen-bond acceptors (Lipinski definition) is 1. The summed E-state index contributed by atoms with van der Waals surface area (Å²) in [5.41, 5.74) is 3.46. The van der Waals surface area contributed by atoms with Crippen LogP contribution in [0.15, 0.2) is 60.2 Å². The van der Waals surface area contributed by atoms with Crippen LogP contribution in [0.1, 0.15) is 23.6 Å². The molecular weight excluding hydrogens is 248 g/mol. The Kier molecular flexibility index (Phi) is 4.51. The molecule has 0 aromatic heterocycles. The Morgan fingerprint density at radius 2 is 1.35 bits per heavy atom. The lowest BCUT2D eigenvalue weighted by atomic mass is 10.1. The molecule has 2 heteroatoms. The number of aliphatic carboxylic acids is 1. The van der Waals surface area contributed by atoms with Crippen molar-refractivity contribution in [2.75, 3.05) is 0 Å². The fourth-order valence-corrected chi connectivity index (χ4v) is 1.77. The minimum atomic E-state index is -0.891. The molecule has 0 radical (unpaired) electrons. The van der Waals surface area contributed by atoms with Gasteiger partial charge in [-0.15, -0.1) is 0 Å². The molecule has 2 nitrogen and oxygen atoms in total. The molecule has 0 saturated carbocycles. The van der Waals surface area contributed by atoms with E-state index < -0.39 is 5.97 Å². The summed E-state index contributed by atoms with van der Waals surface area (Å²) in [7, 11) is 0. The smallest absolute Gasteiger partial charge is 0.331 e. The van der Waals surface area contributed by atoms with E-state index in [1.807, 2.05) is 66.7 Å². The number of rotatable bonds is 4. The molecule has 0 aliphatic carbocycles. The van der Waals surface area contributed by atoms with E-state index >= 15 is 0 Å². The number of carbonyl (C=O) groups is 1. The molecule has 100 valence electrons. The van der Waals surface area contributed by atoms with Gasteiger partial charge in [-0.05, 0) is 29.7 Å². The summed E-state index contributed by atoms with van der Waals surface area (Å²) in [5.74, 6) is -0.891. The third kappa shape index (κ3) is 3.95. The van der Waals surface area contributed by atoms with E-state index in [1.165, 1.54) is 0 Å². The number of carboxylic acid groups (broad SMARTS) is 1. The van der Waals surface area contributed by atoms with E-state index in [2.05, 4.69) is 0 Å². The maximum atomic E-state index is 10.8. The van der Waals surface area contributed by atoms with Crippen LogP contribution in [0.5, 0.6) is 0 Å². The molecule has 0 aliphatic rings. The Bertz CT molecular complexity index is 635. The van der Waals surface area contributed by atoms with Gasteiger partial charge in [0.15, 0.2) is 0 Å². The molecule has 0 spiro atoms. The fraction of sp³-hybridized carbons (Fsp3) is 0.0556. The molecule has 0 bridgehead atoms. The van der Waals surface area contributed by atoms with Crippen molar-refractivity contribution in [3.05, 3.63) is 76.9 Å². The van der Waals surface area contributed by atoms with Gasteiger partial charge in [0.25, 0.3) is 0 Å². The summed E-state index contributed by atoms with van der Waals surface area (Å²) < 4.78 is 0. The average Bonchev–Trinajstić information content (AvgIpc) is 2.47. The number of hydrogen-bond donors (Lipinski definition) is 1. The summed E-state index contributed by atoms with van der Waals surface area (Å²) in [5, 5.41) is 8.83. The van der Waals surface area contributed by atoms with Gasteiger partial charge in [-0.25, -0.2) is 4.79 Å². The van der Waals surface area contributed by atoms with Crippen LogP contribution in [0.25, 0.3) is 18.2 Å². The zero-order chi connectivity index (χ0) is 14.4. The SMILES string of the molecule is C/C(=C\c1ccc(/C=C/c2ccccc2)cc1)C(=O)O. The first-order chi connectivity index (χ1) is 9.65. The fourth-order valence-electron chi connectivity index (χ4n) is 1.77. The van der Waals surface area contributed by atoms with Crippen LogP contribution in [0.4, 0.5) is 0 Å². The molecule has 0 heterocycles. The number of benzene rings is 2. The molecular formula is C18H16O2. The highest BCUT2D eigenvalue weighted by Gasteiger charge is 1.99. The van der Waals surface area contributed by atoms with Crippen molar-refractivity contribution >= 4 is 24.2 Å². The molecule has 0 fully saturated rings. The quantitative estimate of drug-likeness (QED) is 0.658. The van der Waals surface area contributed by atoms with Crippen LogP contribution in [-0.4, -0.2) is 11.1 Å². The molecule has 0 saturated heterocycles. The predicted octanol–water partition coefficient (Wildman–Crippen LogP) is 4.34. The summed E-state index contributed by atoms with van der Waals surface area (Å²) in [6, 6.07) is 17.9. The molecule has 0 unspecified atom stereocenters. The third-order valence-electron chi connectivity index (χ3n) is 2.92. The second-order valence-electron chi connectivity index (χ2n) is 4.54. The van der Waals surface area contributed by atoms with Gasteiger partial charge in [0.05, 0.1) is 0 Å². The highest BCUT2D eigenvalue weighted by molar-refractivity contribution is 5.91. The van der Waals surface area contributed by atoms with E-state index in [9.17, 15) is 4.79 Å². The molecule has 20 heavy (non-hydrogen) atoms. The predicted molar refractivity (Wildman–Crippen MR) is 83.1 cm³/mol. The Morgan fingerprint density at radius 3 is 1.90 bits per heavy atom. The highest BCUT2D eigenvalue weighted by Crippen LogP contribution is 2.12. The van der Waals surface area contributed by atoms with Gasteiger partial charge in [-0.1, -0.05) is 66.7 Å². The van der Waals surface area contributed by atoms with E-state index in [1.54, 1.807) is 13.0 Å². The largest absolute Gasteiger partial charge is 0.478 e. The molecule has 2 aromatic carbocycles. The molecule has 2 rings (SSSR count). The molecule has 0 amide bonds. The Hall–Kier alpha value is -2.61. The summed E-state index contributed by atoms with van der Waals surface area (Å²) in [6.07, 6.45) is 5.74. The standard InChI is InChI=1S/C18H16O2/c1-14(18(19)20)13-17-11-9-16(10-12-17)8-7-15-5-3-2-4-6-15/h2-13H,1H3,(H,19,20)/b8-7+,14-13+. The Balaban J connectivity index is 2.11. The van der Waals surface area contributed by atoms with E-state index in [4.69, 9.17) is 5.11 Å². The van der Waals surface area contributed by atoms with Crippen LogP contribution in [0.2, 0.25) is 0 Å². The van der Waals surface area contributed by atoms with Gasteiger partial charge in [-0.3, -0.25) is 0 Å². The van der Waals surface area contributed by atoms with Crippen LogP contribution >= 0.6 is 0 Å². The maximum absolute atomic E-state index is 10.8. The van der Waals surface area contributed by atoms with Crippen LogP contribution in [-0.2, 0) is 4.79 Å². The highest BCUT2D eigenvalue weighted by atomic mass is 16.4. The normalized spacial score (nSPS) is 11.8. The monoisotopic (exact) mass is 264 g/mol. The molecule has 0 aliphatic heterocycles. The van der Waals surface area contributed by atoms with Crippen molar-refractivity contribution in [1.82, 2.24) is 0 Å². The van der Waals surface area contributed by atoms with E-state index in [0.717, 1.165) is 16.7 Å². The third-order valence-corrected chi connectivity index (χ3v) is 2.92. The Morgan fingerprint density at radius 1 is 0.850 bits per heavy atom. The molecule has 2 aromatic rings.